The monoisotopic (exact) mass is 278 g/mol. The maximum absolute atomic E-state index is 11.8. The first-order valence-electron chi connectivity index (χ1n) is 6.52. The Labute approximate surface area is 116 Å². The van der Waals surface area contributed by atoms with E-state index in [0.717, 1.165) is 5.56 Å². The first-order chi connectivity index (χ1) is 8.92. The first-order valence-corrected chi connectivity index (χ1v) is 9.93. The number of hydrogen-bond donors (Lipinski definition) is 0. The molecule has 104 valence electrons. The molecule has 0 fully saturated rings. The van der Waals surface area contributed by atoms with Gasteiger partial charge < -0.3 is 9.16 Å². The zero-order valence-electron chi connectivity index (χ0n) is 12.1. The number of carbonyl (C=O) groups is 1. The minimum Gasteiger partial charge on any atom is -0.540 e. The lowest BCUT2D eigenvalue weighted by molar-refractivity contribution is -0.141. The summed E-state index contributed by atoms with van der Waals surface area (Å²) in [5.41, 5.74) is 1.14. The number of ether oxygens (including phenoxy) is 1. The summed E-state index contributed by atoms with van der Waals surface area (Å²) < 4.78 is 10.8. The minimum atomic E-state index is -1.82. The van der Waals surface area contributed by atoms with E-state index in [4.69, 9.17) is 9.16 Å². The third kappa shape index (κ3) is 6.24. The van der Waals surface area contributed by atoms with Gasteiger partial charge in [0.15, 0.2) is 5.76 Å². The molecule has 0 atom stereocenters. The topological polar surface area (TPSA) is 35.5 Å². The molecule has 19 heavy (non-hydrogen) atoms. The highest BCUT2D eigenvalue weighted by atomic mass is 28.4. The lowest BCUT2D eigenvalue weighted by atomic mass is 10.1. The van der Waals surface area contributed by atoms with E-state index in [1.807, 2.05) is 56.0 Å². The van der Waals surface area contributed by atoms with E-state index in [1.54, 1.807) is 6.92 Å². The van der Waals surface area contributed by atoms with Crippen molar-refractivity contribution in [2.24, 2.45) is 0 Å². The van der Waals surface area contributed by atoms with E-state index in [-0.39, 0.29) is 5.97 Å². The predicted molar refractivity (Wildman–Crippen MR) is 79.3 cm³/mol. The molecule has 4 heteroatoms. The zero-order chi connectivity index (χ0) is 14.3. The quantitative estimate of drug-likeness (QED) is 0.346. The highest BCUT2D eigenvalue weighted by molar-refractivity contribution is 6.70. The normalized spacial score (nSPS) is 12.1. The number of carbonyl (C=O) groups excluding carboxylic acids is 1. The van der Waals surface area contributed by atoms with Crippen LogP contribution >= 0.6 is 0 Å². The van der Waals surface area contributed by atoms with E-state index in [9.17, 15) is 4.79 Å². The van der Waals surface area contributed by atoms with Gasteiger partial charge in [0.2, 0.25) is 8.32 Å². The van der Waals surface area contributed by atoms with Crippen LogP contribution in [0, 0.1) is 0 Å². The Balaban J connectivity index is 2.80. The first kappa shape index (κ1) is 15.5. The lowest BCUT2D eigenvalue weighted by Crippen LogP contribution is -2.28. The fraction of sp³-hybridized carbons (Fsp3) is 0.400. The van der Waals surface area contributed by atoms with Crippen molar-refractivity contribution in [2.75, 3.05) is 6.61 Å². The van der Waals surface area contributed by atoms with E-state index in [2.05, 4.69) is 0 Å². The molecule has 1 rings (SSSR count). The summed E-state index contributed by atoms with van der Waals surface area (Å²) in [4.78, 5) is 11.8. The Hall–Kier alpha value is -1.55. The molecule has 3 nitrogen and oxygen atoms in total. The van der Waals surface area contributed by atoms with Gasteiger partial charge in [-0.1, -0.05) is 30.3 Å². The molecular formula is C15H22O3Si. The number of rotatable bonds is 6. The molecule has 0 saturated carbocycles. The Morgan fingerprint density at radius 2 is 1.84 bits per heavy atom. The molecule has 1 aromatic rings. The van der Waals surface area contributed by atoms with Crippen molar-refractivity contribution in [3.8, 4) is 0 Å². The summed E-state index contributed by atoms with van der Waals surface area (Å²) in [6.45, 7) is 8.28. The van der Waals surface area contributed by atoms with Gasteiger partial charge in [0.25, 0.3) is 0 Å². The van der Waals surface area contributed by atoms with Crippen molar-refractivity contribution in [3.63, 3.8) is 0 Å². The van der Waals surface area contributed by atoms with Crippen molar-refractivity contribution in [1.29, 1.82) is 0 Å². The number of hydrogen-bond acceptors (Lipinski definition) is 3. The number of benzene rings is 1. The van der Waals surface area contributed by atoms with Crippen molar-refractivity contribution in [1.82, 2.24) is 0 Å². The van der Waals surface area contributed by atoms with Crippen LogP contribution in [-0.2, 0) is 20.4 Å². The van der Waals surface area contributed by atoms with Gasteiger partial charge in [0, 0.05) is 0 Å². The number of esters is 1. The van der Waals surface area contributed by atoms with Crippen molar-refractivity contribution in [2.45, 2.75) is 33.0 Å². The van der Waals surface area contributed by atoms with E-state index in [0.29, 0.717) is 18.8 Å². The second-order valence-electron chi connectivity index (χ2n) is 5.19. The molecule has 0 saturated heterocycles. The Morgan fingerprint density at radius 3 is 2.37 bits per heavy atom. The average molecular weight is 278 g/mol. The average Bonchev–Trinajstić information content (AvgIpc) is 2.34. The van der Waals surface area contributed by atoms with Gasteiger partial charge in [-0.25, -0.2) is 4.79 Å². The van der Waals surface area contributed by atoms with Gasteiger partial charge in [-0.3, -0.25) is 0 Å². The molecule has 0 aromatic heterocycles. The van der Waals surface area contributed by atoms with E-state index in [1.165, 1.54) is 0 Å². The highest BCUT2D eigenvalue weighted by Crippen LogP contribution is 2.13. The second-order valence-corrected chi connectivity index (χ2v) is 9.62. The molecule has 0 aliphatic rings. The van der Waals surface area contributed by atoms with Crippen LogP contribution in [0.3, 0.4) is 0 Å². The summed E-state index contributed by atoms with van der Waals surface area (Å²) in [6, 6.07) is 9.97. The Bertz CT molecular complexity index is 432. The smallest absolute Gasteiger partial charge is 0.371 e. The highest BCUT2D eigenvalue weighted by Gasteiger charge is 2.22. The van der Waals surface area contributed by atoms with Crippen LogP contribution in [0.5, 0.6) is 0 Å². The van der Waals surface area contributed by atoms with Gasteiger partial charge in [0.05, 0.1) is 6.61 Å². The van der Waals surface area contributed by atoms with Crippen LogP contribution in [0.15, 0.2) is 42.2 Å². The summed E-state index contributed by atoms with van der Waals surface area (Å²) in [5.74, 6) is -0.0364. The molecule has 0 spiro atoms. The van der Waals surface area contributed by atoms with Crippen LogP contribution in [-0.4, -0.2) is 20.9 Å². The van der Waals surface area contributed by atoms with E-state index >= 15 is 0 Å². The van der Waals surface area contributed by atoms with Crippen LogP contribution in [0.25, 0.3) is 0 Å². The molecule has 0 heterocycles. The fourth-order valence-electron chi connectivity index (χ4n) is 1.52. The SMILES string of the molecule is CCOC(=O)/C(=C/Cc1ccccc1)O[Si](C)(C)C. The third-order valence-electron chi connectivity index (χ3n) is 2.26. The van der Waals surface area contributed by atoms with Crippen molar-refractivity contribution < 1.29 is 14.0 Å². The zero-order valence-corrected chi connectivity index (χ0v) is 13.1. The summed E-state index contributed by atoms with van der Waals surface area (Å²) in [5, 5.41) is 0. The molecule has 0 amide bonds. The standard InChI is InChI=1S/C15H22O3Si/c1-5-17-15(16)14(18-19(2,3)4)12-11-13-9-7-6-8-10-13/h6-10,12H,5,11H2,1-4H3/b14-12-. The third-order valence-corrected chi connectivity index (χ3v) is 3.09. The largest absolute Gasteiger partial charge is 0.540 e. The van der Waals surface area contributed by atoms with Gasteiger partial charge in [-0.2, -0.15) is 0 Å². The fourth-order valence-corrected chi connectivity index (χ4v) is 2.35. The molecule has 0 bridgehead atoms. The molecular weight excluding hydrogens is 256 g/mol. The maximum Gasteiger partial charge on any atom is 0.371 e. The van der Waals surface area contributed by atoms with Gasteiger partial charge in [0.1, 0.15) is 0 Å². The van der Waals surface area contributed by atoms with Crippen LogP contribution in [0.1, 0.15) is 12.5 Å². The van der Waals surface area contributed by atoms with Crippen LogP contribution < -0.4 is 0 Å². The van der Waals surface area contributed by atoms with Gasteiger partial charge in [-0.05, 0) is 44.6 Å². The van der Waals surface area contributed by atoms with Gasteiger partial charge in [-0.15, -0.1) is 0 Å². The molecule has 0 aliphatic heterocycles. The van der Waals surface area contributed by atoms with Crippen molar-refractivity contribution >= 4 is 14.3 Å². The van der Waals surface area contributed by atoms with Crippen LogP contribution in [0.4, 0.5) is 0 Å². The minimum absolute atomic E-state index is 0.338. The Kier molecular flexibility index (Phi) is 5.82. The molecule has 0 radical (unpaired) electrons. The summed E-state index contributed by atoms with van der Waals surface area (Å²) in [7, 11) is -1.82. The summed E-state index contributed by atoms with van der Waals surface area (Å²) >= 11 is 0. The lowest BCUT2D eigenvalue weighted by Gasteiger charge is -2.20. The second kappa shape index (κ2) is 7.14. The molecule has 0 unspecified atom stereocenters. The van der Waals surface area contributed by atoms with Gasteiger partial charge >= 0.3 is 5.97 Å². The molecule has 0 N–H and O–H groups in total. The number of allylic oxidation sites excluding steroid dienone is 1. The molecule has 1 aromatic carbocycles. The van der Waals surface area contributed by atoms with Crippen molar-refractivity contribution in [3.05, 3.63) is 47.7 Å². The Morgan fingerprint density at radius 1 is 1.21 bits per heavy atom. The predicted octanol–water partition coefficient (Wildman–Crippen LogP) is 3.53. The molecule has 0 aliphatic carbocycles. The summed E-state index contributed by atoms with van der Waals surface area (Å²) in [6.07, 6.45) is 2.48. The maximum atomic E-state index is 11.8. The van der Waals surface area contributed by atoms with E-state index < -0.39 is 8.32 Å². The van der Waals surface area contributed by atoms with Crippen LogP contribution in [0.2, 0.25) is 19.6 Å².